The van der Waals surface area contributed by atoms with Crippen molar-refractivity contribution in [2.45, 2.75) is 13.5 Å². The molecule has 1 heterocycles. The van der Waals surface area contributed by atoms with Gasteiger partial charge < -0.3 is 5.32 Å². The minimum atomic E-state index is -0.764. The summed E-state index contributed by atoms with van der Waals surface area (Å²) in [5, 5.41) is 14.0. The number of aromatic nitrogens is 4. The van der Waals surface area contributed by atoms with E-state index in [9.17, 15) is 18.4 Å². The Balaban J connectivity index is 1.74. The first-order valence-corrected chi connectivity index (χ1v) is 7.56. The molecule has 0 aliphatic rings. The SMILES string of the molecule is CC(=O)Nc1ccc(C(=O)Cn2nnc(-c3ccc(F)cc3)n2)c(F)c1. The molecule has 1 amide bonds. The van der Waals surface area contributed by atoms with E-state index in [1.54, 1.807) is 0 Å². The van der Waals surface area contributed by atoms with Gasteiger partial charge in [0.15, 0.2) is 5.78 Å². The summed E-state index contributed by atoms with van der Waals surface area (Å²) >= 11 is 0. The zero-order valence-electron chi connectivity index (χ0n) is 13.6. The molecule has 0 bridgehead atoms. The number of tetrazole rings is 1. The molecule has 0 aliphatic carbocycles. The van der Waals surface area contributed by atoms with Crippen molar-refractivity contribution in [2.24, 2.45) is 0 Å². The van der Waals surface area contributed by atoms with Gasteiger partial charge in [-0.05, 0) is 47.7 Å². The molecule has 0 saturated carbocycles. The summed E-state index contributed by atoms with van der Waals surface area (Å²) in [7, 11) is 0. The highest BCUT2D eigenvalue weighted by atomic mass is 19.1. The van der Waals surface area contributed by atoms with Crippen molar-refractivity contribution in [1.82, 2.24) is 20.2 Å². The van der Waals surface area contributed by atoms with Crippen LogP contribution in [0.5, 0.6) is 0 Å². The lowest BCUT2D eigenvalue weighted by molar-refractivity contribution is -0.114. The standard InChI is InChI=1S/C17H13F2N5O2/c1-10(25)20-13-6-7-14(15(19)8-13)16(26)9-24-22-17(21-23-24)11-2-4-12(18)5-3-11/h2-8H,9H2,1H3,(H,20,25). The van der Waals surface area contributed by atoms with Crippen molar-refractivity contribution in [3.63, 3.8) is 0 Å². The van der Waals surface area contributed by atoms with E-state index in [1.807, 2.05) is 0 Å². The Morgan fingerprint density at radius 3 is 2.50 bits per heavy atom. The number of hydrogen-bond acceptors (Lipinski definition) is 5. The third kappa shape index (κ3) is 3.94. The van der Waals surface area contributed by atoms with Crippen LogP contribution in [-0.4, -0.2) is 31.9 Å². The summed E-state index contributed by atoms with van der Waals surface area (Å²) in [6.45, 7) is 0.983. The summed E-state index contributed by atoms with van der Waals surface area (Å²) in [6, 6.07) is 9.25. The molecule has 0 radical (unpaired) electrons. The van der Waals surface area contributed by atoms with Gasteiger partial charge in [-0.15, -0.1) is 10.2 Å². The van der Waals surface area contributed by atoms with Crippen LogP contribution in [-0.2, 0) is 11.3 Å². The first-order chi connectivity index (χ1) is 12.4. The molecule has 132 valence electrons. The summed E-state index contributed by atoms with van der Waals surface area (Å²) in [5.74, 6) is -1.84. The molecule has 0 unspecified atom stereocenters. The second-order valence-electron chi connectivity index (χ2n) is 5.45. The lowest BCUT2D eigenvalue weighted by Crippen LogP contribution is -2.15. The largest absolute Gasteiger partial charge is 0.326 e. The molecule has 0 spiro atoms. The first-order valence-electron chi connectivity index (χ1n) is 7.56. The highest BCUT2D eigenvalue weighted by molar-refractivity contribution is 5.97. The Morgan fingerprint density at radius 2 is 1.85 bits per heavy atom. The van der Waals surface area contributed by atoms with E-state index in [0.29, 0.717) is 5.56 Å². The second-order valence-corrected chi connectivity index (χ2v) is 5.45. The highest BCUT2D eigenvalue weighted by Gasteiger charge is 2.15. The van der Waals surface area contributed by atoms with Gasteiger partial charge in [-0.25, -0.2) is 8.78 Å². The van der Waals surface area contributed by atoms with E-state index in [0.717, 1.165) is 10.9 Å². The summed E-state index contributed by atoms with van der Waals surface area (Å²) in [6.07, 6.45) is 0. The summed E-state index contributed by atoms with van der Waals surface area (Å²) in [4.78, 5) is 24.3. The molecular weight excluding hydrogens is 344 g/mol. The fourth-order valence-electron chi connectivity index (χ4n) is 2.26. The second kappa shape index (κ2) is 7.18. The maximum Gasteiger partial charge on any atom is 0.221 e. The molecule has 0 fully saturated rings. The van der Waals surface area contributed by atoms with Gasteiger partial charge in [0.05, 0.1) is 5.56 Å². The normalized spacial score (nSPS) is 10.6. The number of carbonyl (C=O) groups excluding carboxylic acids is 2. The zero-order chi connectivity index (χ0) is 18.7. The minimum Gasteiger partial charge on any atom is -0.326 e. The third-order valence-electron chi connectivity index (χ3n) is 3.43. The van der Waals surface area contributed by atoms with Crippen molar-refractivity contribution in [2.75, 3.05) is 5.32 Å². The van der Waals surface area contributed by atoms with Crippen LogP contribution < -0.4 is 5.32 Å². The van der Waals surface area contributed by atoms with Gasteiger partial charge in [0.1, 0.15) is 18.2 Å². The van der Waals surface area contributed by atoms with E-state index in [4.69, 9.17) is 0 Å². The van der Waals surface area contributed by atoms with Gasteiger partial charge in [0.2, 0.25) is 11.7 Å². The monoisotopic (exact) mass is 357 g/mol. The van der Waals surface area contributed by atoms with Crippen LogP contribution in [0.25, 0.3) is 11.4 Å². The maximum absolute atomic E-state index is 14.1. The molecule has 0 aliphatic heterocycles. The van der Waals surface area contributed by atoms with E-state index >= 15 is 0 Å². The fourth-order valence-corrected chi connectivity index (χ4v) is 2.26. The van der Waals surface area contributed by atoms with Crippen molar-refractivity contribution >= 4 is 17.4 Å². The molecule has 1 N–H and O–H groups in total. The molecule has 0 saturated heterocycles. The topological polar surface area (TPSA) is 89.8 Å². The minimum absolute atomic E-state index is 0.153. The van der Waals surface area contributed by atoms with E-state index in [1.165, 1.54) is 43.3 Å². The zero-order valence-corrected chi connectivity index (χ0v) is 13.6. The number of ketones is 1. The van der Waals surface area contributed by atoms with Crippen molar-refractivity contribution < 1.29 is 18.4 Å². The number of nitrogens with one attached hydrogen (secondary N) is 1. The summed E-state index contributed by atoms with van der Waals surface area (Å²) in [5.41, 5.74) is 0.639. The van der Waals surface area contributed by atoms with Crippen LogP contribution in [0, 0.1) is 11.6 Å². The van der Waals surface area contributed by atoms with Gasteiger partial charge in [-0.1, -0.05) is 0 Å². The average molecular weight is 357 g/mol. The molecule has 9 heteroatoms. The number of halogens is 2. The molecule has 26 heavy (non-hydrogen) atoms. The Hall–Kier alpha value is -3.49. The van der Waals surface area contributed by atoms with Crippen LogP contribution in [0.1, 0.15) is 17.3 Å². The van der Waals surface area contributed by atoms with Crippen LogP contribution in [0.15, 0.2) is 42.5 Å². The van der Waals surface area contributed by atoms with E-state index in [2.05, 4.69) is 20.7 Å². The predicted octanol–water partition coefficient (Wildman–Crippen LogP) is 2.46. The van der Waals surface area contributed by atoms with E-state index in [-0.39, 0.29) is 29.5 Å². The Kier molecular flexibility index (Phi) is 4.78. The van der Waals surface area contributed by atoms with E-state index < -0.39 is 17.4 Å². The molecular formula is C17H13F2N5O2. The Labute approximate surface area is 146 Å². The molecule has 0 atom stereocenters. The average Bonchev–Trinajstić information content (AvgIpc) is 3.03. The predicted molar refractivity (Wildman–Crippen MR) is 88.2 cm³/mol. The van der Waals surface area contributed by atoms with Gasteiger partial charge in [0, 0.05) is 18.2 Å². The van der Waals surface area contributed by atoms with Crippen LogP contribution in [0.2, 0.25) is 0 Å². The van der Waals surface area contributed by atoms with Crippen molar-refractivity contribution in [3.8, 4) is 11.4 Å². The molecule has 1 aromatic heterocycles. The number of Topliss-reactive ketones (excluding diaryl/α,β-unsaturated/α-hetero) is 1. The number of hydrogen-bond donors (Lipinski definition) is 1. The molecule has 2 aromatic carbocycles. The molecule has 7 nitrogen and oxygen atoms in total. The smallest absolute Gasteiger partial charge is 0.221 e. The Morgan fingerprint density at radius 1 is 1.12 bits per heavy atom. The Bertz CT molecular complexity index is 970. The lowest BCUT2D eigenvalue weighted by Gasteiger charge is -2.05. The van der Waals surface area contributed by atoms with Crippen LogP contribution in [0.3, 0.4) is 0 Å². The third-order valence-corrected chi connectivity index (χ3v) is 3.43. The lowest BCUT2D eigenvalue weighted by atomic mass is 10.1. The van der Waals surface area contributed by atoms with Crippen LogP contribution >= 0.6 is 0 Å². The van der Waals surface area contributed by atoms with Gasteiger partial charge >= 0.3 is 0 Å². The quantitative estimate of drug-likeness (QED) is 0.709. The summed E-state index contributed by atoms with van der Waals surface area (Å²) < 4.78 is 27.0. The molecule has 3 rings (SSSR count). The molecule has 3 aromatic rings. The number of nitrogens with zero attached hydrogens (tertiary/aromatic N) is 4. The highest BCUT2D eigenvalue weighted by Crippen LogP contribution is 2.17. The fraction of sp³-hybridized carbons (Fsp3) is 0.118. The maximum atomic E-state index is 14.1. The van der Waals surface area contributed by atoms with Crippen molar-refractivity contribution in [3.05, 3.63) is 59.7 Å². The first kappa shape index (κ1) is 17.3. The number of carbonyl (C=O) groups is 2. The number of rotatable bonds is 5. The number of benzene rings is 2. The van der Waals surface area contributed by atoms with Gasteiger partial charge in [-0.3, -0.25) is 9.59 Å². The number of amides is 1. The van der Waals surface area contributed by atoms with Gasteiger partial charge in [0.25, 0.3) is 0 Å². The van der Waals surface area contributed by atoms with Crippen LogP contribution in [0.4, 0.5) is 14.5 Å². The number of anilines is 1. The van der Waals surface area contributed by atoms with Crippen molar-refractivity contribution in [1.29, 1.82) is 0 Å². The van der Waals surface area contributed by atoms with Gasteiger partial charge in [-0.2, -0.15) is 4.80 Å².